The zero-order chi connectivity index (χ0) is 9.36. The first-order valence-electron chi connectivity index (χ1n) is 4.15. The maximum Gasteiger partial charge on any atom is 0.157 e. The van der Waals surface area contributed by atoms with Crippen molar-refractivity contribution in [1.29, 1.82) is 0 Å². The van der Waals surface area contributed by atoms with Gasteiger partial charge < -0.3 is 18.6 Å². The molecule has 1 aromatic rings. The molecule has 0 atom stereocenters. The topological polar surface area (TPSA) is 40.8 Å². The van der Waals surface area contributed by atoms with E-state index in [9.17, 15) is 0 Å². The van der Waals surface area contributed by atoms with Gasteiger partial charge in [0.15, 0.2) is 5.75 Å². The van der Waals surface area contributed by atoms with Crippen LogP contribution in [0.1, 0.15) is 0 Å². The second-order valence-electron chi connectivity index (χ2n) is 2.41. The molecule has 0 radical (unpaired) electrons. The predicted octanol–water partition coefficient (Wildman–Crippen LogP) is 1.32. The maximum atomic E-state index is 5.27. The molecule has 0 aliphatic rings. The van der Waals surface area contributed by atoms with Crippen LogP contribution in [-0.2, 0) is 9.47 Å². The van der Waals surface area contributed by atoms with Gasteiger partial charge in [-0.2, -0.15) is 0 Å². The lowest BCUT2D eigenvalue weighted by atomic mass is 10.6. The second kappa shape index (κ2) is 6.51. The lowest BCUT2D eigenvalue weighted by Crippen LogP contribution is -2.09. The lowest BCUT2D eigenvalue weighted by molar-refractivity contribution is 0.0543. The Hall–Kier alpha value is -1.00. The van der Waals surface area contributed by atoms with Crippen LogP contribution in [0.25, 0.3) is 0 Å². The van der Waals surface area contributed by atoms with E-state index in [4.69, 9.17) is 18.6 Å². The van der Waals surface area contributed by atoms with Crippen molar-refractivity contribution in [3.8, 4) is 5.75 Å². The van der Waals surface area contributed by atoms with E-state index in [0.29, 0.717) is 26.4 Å². The quantitative estimate of drug-likeness (QED) is 0.602. The first-order valence-corrected chi connectivity index (χ1v) is 4.15. The lowest BCUT2D eigenvalue weighted by Gasteiger charge is -2.04. The fourth-order valence-electron chi connectivity index (χ4n) is 0.797. The van der Waals surface area contributed by atoms with E-state index in [0.717, 1.165) is 5.75 Å². The molecule has 0 amide bonds. The number of rotatable bonds is 7. The molecule has 0 N–H and O–H groups in total. The molecule has 1 heterocycles. The highest BCUT2D eigenvalue weighted by Gasteiger charge is 1.93. The molecular formula is C9H14O4. The van der Waals surface area contributed by atoms with E-state index in [1.165, 1.54) is 0 Å². The monoisotopic (exact) mass is 186 g/mol. The summed E-state index contributed by atoms with van der Waals surface area (Å²) in [5, 5.41) is 0. The van der Waals surface area contributed by atoms with Gasteiger partial charge in [0.05, 0.1) is 26.1 Å². The summed E-state index contributed by atoms with van der Waals surface area (Å²) in [5.74, 6) is 0.732. The Kier molecular flexibility index (Phi) is 5.05. The van der Waals surface area contributed by atoms with Crippen molar-refractivity contribution in [2.75, 3.05) is 33.5 Å². The molecule has 0 aromatic carbocycles. The Morgan fingerprint density at radius 3 is 2.77 bits per heavy atom. The Balaban J connectivity index is 1.90. The molecule has 4 heteroatoms. The van der Waals surface area contributed by atoms with E-state index in [1.54, 1.807) is 25.7 Å². The predicted molar refractivity (Wildman–Crippen MR) is 46.9 cm³/mol. The minimum Gasteiger partial charge on any atom is -0.488 e. The smallest absolute Gasteiger partial charge is 0.157 e. The summed E-state index contributed by atoms with van der Waals surface area (Å²) in [7, 11) is 1.64. The molecule has 0 saturated carbocycles. The third kappa shape index (κ3) is 4.55. The number of hydrogen-bond donors (Lipinski definition) is 0. The Morgan fingerprint density at radius 2 is 2.08 bits per heavy atom. The molecule has 0 fully saturated rings. The third-order valence-electron chi connectivity index (χ3n) is 1.42. The van der Waals surface area contributed by atoms with Gasteiger partial charge in [0, 0.05) is 13.2 Å². The van der Waals surface area contributed by atoms with E-state index in [-0.39, 0.29) is 0 Å². The fourth-order valence-corrected chi connectivity index (χ4v) is 0.797. The average Bonchev–Trinajstić information content (AvgIpc) is 2.63. The zero-order valence-corrected chi connectivity index (χ0v) is 7.69. The van der Waals surface area contributed by atoms with E-state index >= 15 is 0 Å². The van der Waals surface area contributed by atoms with Gasteiger partial charge in [-0.05, 0) is 0 Å². The number of methoxy groups -OCH3 is 1. The van der Waals surface area contributed by atoms with Crippen molar-refractivity contribution in [1.82, 2.24) is 0 Å². The van der Waals surface area contributed by atoms with Gasteiger partial charge in [-0.1, -0.05) is 0 Å². The van der Waals surface area contributed by atoms with E-state index < -0.39 is 0 Å². The molecule has 0 saturated heterocycles. The second-order valence-corrected chi connectivity index (χ2v) is 2.41. The van der Waals surface area contributed by atoms with Gasteiger partial charge in [0.1, 0.15) is 12.9 Å². The molecule has 0 aliphatic carbocycles. The van der Waals surface area contributed by atoms with Gasteiger partial charge in [0.2, 0.25) is 0 Å². The van der Waals surface area contributed by atoms with Gasteiger partial charge in [0.25, 0.3) is 0 Å². The molecule has 13 heavy (non-hydrogen) atoms. The number of furan rings is 1. The van der Waals surface area contributed by atoms with Crippen molar-refractivity contribution < 1.29 is 18.6 Å². The molecule has 1 aromatic heterocycles. The van der Waals surface area contributed by atoms with Crippen molar-refractivity contribution in [2.24, 2.45) is 0 Å². The largest absolute Gasteiger partial charge is 0.488 e. The van der Waals surface area contributed by atoms with Crippen LogP contribution >= 0.6 is 0 Å². The Bertz CT molecular complexity index is 195. The van der Waals surface area contributed by atoms with Gasteiger partial charge in [-0.3, -0.25) is 0 Å². The van der Waals surface area contributed by atoms with Crippen molar-refractivity contribution in [2.45, 2.75) is 0 Å². The van der Waals surface area contributed by atoms with Crippen LogP contribution in [0.3, 0.4) is 0 Å². The summed E-state index contributed by atoms with van der Waals surface area (Å²) in [6.07, 6.45) is 3.12. The van der Waals surface area contributed by atoms with Crippen molar-refractivity contribution >= 4 is 0 Å². The SMILES string of the molecule is COCCOCCOc1ccoc1. The van der Waals surface area contributed by atoms with E-state index in [1.807, 2.05) is 0 Å². The van der Waals surface area contributed by atoms with E-state index in [2.05, 4.69) is 0 Å². The van der Waals surface area contributed by atoms with Gasteiger partial charge in [-0.25, -0.2) is 0 Å². The normalized spacial score (nSPS) is 10.2. The Labute approximate surface area is 77.4 Å². The molecular weight excluding hydrogens is 172 g/mol. The molecule has 0 bridgehead atoms. The third-order valence-corrected chi connectivity index (χ3v) is 1.42. The maximum absolute atomic E-state index is 5.27. The Morgan fingerprint density at radius 1 is 1.23 bits per heavy atom. The minimum atomic E-state index is 0.531. The van der Waals surface area contributed by atoms with Crippen LogP contribution in [0.15, 0.2) is 23.0 Å². The van der Waals surface area contributed by atoms with Gasteiger partial charge in [-0.15, -0.1) is 0 Å². The van der Waals surface area contributed by atoms with Crippen molar-refractivity contribution in [3.05, 3.63) is 18.6 Å². The summed E-state index contributed by atoms with van der Waals surface area (Å²) in [6, 6.07) is 1.76. The standard InChI is InChI=1S/C9H14O4/c1-10-4-5-11-6-7-13-9-2-3-12-8-9/h2-3,8H,4-7H2,1H3. The van der Waals surface area contributed by atoms with Crippen LogP contribution in [0, 0.1) is 0 Å². The van der Waals surface area contributed by atoms with Crippen molar-refractivity contribution in [3.63, 3.8) is 0 Å². The highest BCUT2D eigenvalue weighted by atomic mass is 16.5. The zero-order valence-electron chi connectivity index (χ0n) is 7.69. The van der Waals surface area contributed by atoms with Crippen LogP contribution in [0.4, 0.5) is 0 Å². The van der Waals surface area contributed by atoms with Crippen LogP contribution in [0.5, 0.6) is 5.75 Å². The highest BCUT2D eigenvalue weighted by Crippen LogP contribution is 2.08. The molecule has 74 valence electrons. The summed E-state index contributed by atoms with van der Waals surface area (Å²) in [4.78, 5) is 0. The summed E-state index contributed by atoms with van der Waals surface area (Å²) >= 11 is 0. The highest BCUT2D eigenvalue weighted by molar-refractivity contribution is 5.12. The fraction of sp³-hybridized carbons (Fsp3) is 0.556. The minimum absolute atomic E-state index is 0.531. The summed E-state index contributed by atoms with van der Waals surface area (Å²) < 4.78 is 20.1. The first-order chi connectivity index (χ1) is 6.43. The molecule has 0 unspecified atom stereocenters. The first kappa shape index (κ1) is 10.1. The summed E-state index contributed by atoms with van der Waals surface area (Å²) in [6.45, 7) is 2.31. The summed E-state index contributed by atoms with van der Waals surface area (Å²) in [5.41, 5.74) is 0. The molecule has 1 rings (SSSR count). The molecule has 0 aliphatic heterocycles. The van der Waals surface area contributed by atoms with Crippen LogP contribution in [-0.4, -0.2) is 33.5 Å². The van der Waals surface area contributed by atoms with Crippen LogP contribution in [0.2, 0.25) is 0 Å². The van der Waals surface area contributed by atoms with Gasteiger partial charge >= 0.3 is 0 Å². The number of hydrogen-bond acceptors (Lipinski definition) is 4. The molecule has 4 nitrogen and oxygen atoms in total. The average molecular weight is 186 g/mol. The van der Waals surface area contributed by atoms with Crippen LogP contribution < -0.4 is 4.74 Å². The number of ether oxygens (including phenoxy) is 3. The molecule has 0 spiro atoms.